The predicted molar refractivity (Wildman–Crippen MR) is 108 cm³/mol. The predicted octanol–water partition coefficient (Wildman–Crippen LogP) is 3.15. The van der Waals surface area contributed by atoms with Crippen molar-refractivity contribution in [2.24, 2.45) is 4.99 Å². The maximum Gasteiger partial charge on any atom is 0.191 e. The summed E-state index contributed by atoms with van der Waals surface area (Å²) in [5.74, 6) is 0.837. The molecular formula is C16H24IN5S. The average molecular weight is 445 g/mol. The summed E-state index contributed by atoms with van der Waals surface area (Å²) in [6.07, 6.45) is 3.84. The van der Waals surface area contributed by atoms with Gasteiger partial charge in [0.15, 0.2) is 5.96 Å². The third kappa shape index (κ3) is 7.74. The molecule has 23 heavy (non-hydrogen) atoms. The summed E-state index contributed by atoms with van der Waals surface area (Å²) >= 11 is 1.73. The van der Waals surface area contributed by atoms with Crippen LogP contribution in [-0.4, -0.2) is 29.0 Å². The molecule has 0 unspecified atom stereocenters. The minimum absolute atomic E-state index is 0. The number of hydrogen-bond donors (Lipinski definition) is 2. The summed E-state index contributed by atoms with van der Waals surface area (Å²) in [6, 6.07) is 5.88. The lowest BCUT2D eigenvalue weighted by Crippen LogP contribution is -2.37. The number of aromatic nitrogens is 2. The third-order valence-corrected chi connectivity index (χ3v) is 4.02. The van der Waals surface area contributed by atoms with Crippen molar-refractivity contribution < 1.29 is 0 Å². The van der Waals surface area contributed by atoms with Crippen molar-refractivity contribution in [2.75, 3.05) is 13.1 Å². The van der Waals surface area contributed by atoms with Crippen LogP contribution in [0.2, 0.25) is 0 Å². The quantitative estimate of drug-likeness (QED) is 0.298. The molecule has 0 atom stereocenters. The molecule has 7 heteroatoms. The van der Waals surface area contributed by atoms with Gasteiger partial charge in [-0.3, -0.25) is 4.98 Å². The highest BCUT2D eigenvalue weighted by atomic mass is 127. The van der Waals surface area contributed by atoms with E-state index in [4.69, 9.17) is 0 Å². The van der Waals surface area contributed by atoms with Crippen LogP contribution in [0.15, 0.2) is 34.8 Å². The Kier molecular flexibility index (Phi) is 9.77. The number of nitrogens with zero attached hydrogens (tertiary/aromatic N) is 3. The zero-order chi connectivity index (χ0) is 15.6. The lowest BCUT2D eigenvalue weighted by molar-refractivity contribution is 0.739. The highest BCUT2D eigenvalue weighted by Crippen LogP contribution is 2.10. The fourth-order valence-corrected chi connectivity index (χ4v) is 2.78. The maximum atomic E-state index is 4.55. The van der Waals surface area contributed by atoms with Crippen molar-refractivity contribution in [2.45, 2.75) is 33.2 Å². The molecule has 0 aliphatic heterocycles. The fraction of sp³-hybridized carbons (Fsp3) is 0.438. The minimum Gasteiger partial charge on any atom is -0.357 e. The van der Waals surface area contributed by atoms with Gasteiger partial charge in [-0.05, 0) is 32.4 Å². The highest BCUT2D eigenvalue weighted by molar-refractivity contribution is 14.0. The van der Waals surface area contributed by atoms with E-state index in [2.05, 4.69) is 37.9 Å². The van der Waals surface area contributed by atoms with E-state index < -0.39 is 0 Å². The first kappa shape index (κ1) is 19.8. The van der Waals surface area contributed by atoms with E-state index in [1.165, 1.54) is 5.01 Å². The molecular weight excluding hydrogens is 421 g/mol. The Labute approximate surface area is 159 Å². The summed E-state index contributed by atoms with van der Waals surface area (Å²) in [4.78, 5) is 13.3. The van der Waals surface area contributed by atoms with Gasteiger partial charge >= 0.3 is 0 Å². The molecule has 0 saturated carbocycles. The molecule has 0 aliphatic rings. The van der Waals surface area contributed by atoms with Gasteiger partial charge < -0.3 is 10.6 Å². The number of hydrogen-bond acceptors (Lipinski definition) is 4. The second-order valence-electron chi connectivity index (χ2n) is 4.93. The van der Waals surface area contributed by atoms with Crippen molar-refractivity contribution in [1.29, 1.82) is 0 Å². The highest BCUT2D eigenvalue weighted by Gasteiger charge is 2.00. The van der Waals surface area contributed by atoms with E-state index in [1.54, 1.807) is 17.5 Å². The van der Waals surface area contributed by atoms with Gasteiger partial charge in [-0.25, -0.2) is 9.98 Å². The molecule has 2 aromatic heterocycles. The number of thiazole rings is 1. The molecule has 0 saturated heterocycles. The summed E-state index contributed by atoms with van der Waals surface area (Å²) in [5, 5.41) is 9.91. The van der Waals surface area contributed by atoms with Gasteiger partial charge in [0, 0.05) is 36.8 Å². The fourth-order valence-electron chi connectivity index (χ4n) is 1.96. The normalized spacial score (nSPS) is 11.0. The van der Waals surface area contributed by atoms with Crippen molar-refractivity contribution in [1.82, 2.24) is 20.6 Å². The van der Waals surface area contributed by atoms with Crippen LogP contribution in [0.3, 0.4) is 0 Å². The monoisotopic (exact) mass is 445 g/mol. The molecule has 0 fully saturated rings. The van der Waals surface area contributed by atoms with Gasteiger partial charge in [0.25, 0.3) is 0 Å². The Morgan fingerprint density at radius 2 is 2.17 bits per heavy atom. The minimum atomic E-state index is 0. The first-order valence-corrected chi connectivity index (χ1v) is 8.49. The SMILES string of the molecule is CCNC(=NCc1ccccn1)NCCCc1nc(C)cs1.I. The van der Waals surface area contributed by atoms with Crippen LogP contribution in [0.5, 0.6) is 0 Å². The molecule has 5 nitrogen and oxygen atoms in total. The molecule has 2 rings (SSSR count). The zero-order valence-electron chi connectivity index (χ0n) is 13.6. The zero-order valence-corrected chi connectivity index (χ0v) is 16.7. The van der Waals surface area contributed by atoms with Gasteiger partial charge in [0.1, 0.15) is 0 Å². The van der Waals surface area contributed by atoms with E-state index in [9.17, 15) is 0 Å². The molecule has 0 amide bonds. The van der Waals surface area contributed by atoms with Crippen LogP contribution in [0.25, 0.3) is 0 Å². The number of rotatable bonds is 7. The van der Waals surface area contributed by atoms with Gasteiger partial charge in [0.05, 0.1) is 17.2 Å². The van der Waals surface area contributed by atoms with E-state index in [0.717, 1.165) is 43.3 Å². The van der Waals surface area contributed by atoms with Gasteiger partial charge in [0.2, 0.25) is 0 Å². The molecule has 0 radical (unpaired) electrons. The van der Waals surface area contributed by atoms with Gasteiger partial charge in [-0.15, -0.1) is 35.3 Å². The largest absolute Gasteiger partial charge is 0.357 e. The van der Waals surface area contributed by atoms with Crippen LogP contribution in [0.1, 0.15) is 29.7 Å². The lowest BCUT2D eigenvalue weighted by Gasteiger charge is -2.10. The van der Waals surface area contributed by atoms with Crippen LogP contribution < -0.4 is 10.6 Å². The number of nitrogens with one attached hydrogen (secondary N) is 2. The second kappa shape index (κ2) is 11.3. The van der Waals surface area contributed by atoms with Crippen LogP contribution in [0.4, 0.5) is 0 Å². The third-order valence-electron chi connectivity index (χ3n) is 3.00. The van der Waals surface area contributed by atoms with Crippen molar-refractivity contribution in [3.05, 3.63) is 46.2 Å². The number of aliphatic imine (C=N–C) groups is 1. The molecule has 2 N–H and O–H groups in total. The first-order valence-electron chi connectivity index (χ1n) is 7.61. The number of halogens is 1. The Morgan fingerprint density at radius 3 is 2.83 bits per heavy atom. The van der Waals surface area contributed by atoms with Crippen LogP contribution in [0, 0.1) is 6.92 Å². The van der Waals surface area contributed by atoms with E-state index in [0.29, 0.717) is 6.54 Å². The van der Waals surface area contributed by atoms with E-state index in [1.807, 2.05) is 25.1 Å². The first-order chi connectivity index (χ1) is 10.8. The Balaban J connectivity index is 0.00000264. The number of aryl methyl sites for hydroxylation is 2. The second-order valence-corrected chi connectivity index (χ2v) is 5.87. The molecule has 2 heterocycles. The smallest absolute Gasteiger partial charge is 0.191 e. The molecule has 0 bridgehead atoms. The average Bonchev–Trinajstić information content (AvgIpc) is 2.95. The molecule has 126 valence electrons. The number of guanidine groups is 1. The van der Waals surface area contributed by atoms with E-state index >= 15 is 0 Å². The Bertz CT molecular complexity index is 585. The van der Waals surface area contributed by atoms with Crippen molar-refractivity contribution in [3.63, 3.8) is 0 Å². The summed E-state index contributed by atoms with van der Waals surface area (Å²) in [7, 11) is 0. The van der Waals surface area contributed by atoms with Crippen LogP contribution in [-0.2, 0) is 13.0 Å². The van der Waals surface area contributed by atoms with Crippen molar-refractivity contribution in [3.8, 4) is 0 Å². The van der Waals surface area contributed by atoms with Gasteiger partial charge in [-0.1, -0.05) is 6.07 Å². The molecule has 0 aromatic carbocycles. The number of pyridine rings is 1. The summed E-state index contributed by atoms with van der Waals surface area (Å²) in [5.41, 5.74) is 2.08. The summed E-state index contributed by atoms with van der Waals surface area (Å²) in [6.45, 7) is 6.41. The van der Waals surface area contributed by atoms with Gasteiger partial charge in [-0.2, -0.15) is 0 Å². The maximum absolute atomic E-state index is 4.55. The standard InChI is InChI=1S/C16H23N5S.HI/c1-3-17-16(20-11-14-7-4-5-9-18-14)19-10-6-8-15-21-13(2)12-22-15;/h4-5,7,9,12H,3,6,8,10-11H2,1-2H3,(H2,17,19,20);1H. The van der Waals surface area contributed by atoms with Crippen molar-refractivity contribution >= 4 is 41.3 Å². The topological polar surface area (TPSA) is 62.2 Å². The molecule has 2 aromatic rings. The summed E-state index contributed by atoms with van der Waals surface area (Å²) < 4.78 is 0. The Hall–Kier alpha value is -1.22. The molecule has 0 spiro atoms. The molecule has 0 aliphatic carbocycles. The Morgan fingerprint density at radius 1 is 1.30 bits per heavy atom. The lowest BCUT2D eigenvalue weighted by atomic mass is 10.3. The van der Waals surface area contributed by atoms with E-state index in [-0.39, 0.29) is 24.0 Å². The van der Waals surface area contributed by atoms with Crippen LogP contribution >= 0.6 is 35.3 Å².